The Labute approximate surface area is 143 Å². The molecule has 1 amide bonds. The lowest BCUT2D eigenvalue weighted by molar-refractivity contribution is -0.149. The predicted molar refractivity (Wildman–Crippen MR) is 93.0 cm³/mol. The number of esters is 1. The molecule has 0 aliphatic heterocycles. The van der Waals surface area contributed by atoms with Gasteiger partial charge in [-0.2, -0.15) is 0 Å². The third-order valence-corrected chi connectivity index (χ3v) is 4.41. The number of hydrogen-bond donors (Lipinski definition) is 2. The molecule has 1 aliphatic carbocycles. The van der Waals surface area contributed by atoms with E-state index in [1.807, 2.05) is 44.2 Å². The fourth-order valence-electron chi connectivity index (χ4n) is 2.89. The molecule has 132 valence electrons. The van der Waals surface area contributed by atoms with E-state index in [0.29, 0.717) is 6.42 Å². The van der Waals surface area contributed by atoms with E-state index < -0.39 is 6.04 Å². The summed E-state index contributed by atoms with van der Waals surface area (Å²) in [5.74, 6) is -0.282. The summed E-state index contributed by atoms with van der Waals surface area (Å²) in [6.07, 6.45) is 3.63. The number of rotatable bonds is 8. The van der Waals surface area contributed by atoms with Gasteiger partial charge in [0.1, 0.15) is 12.6 Å². The van der Waals surface area contributed by atoms with Gasteiger partial charge in [0.05, 0.1) is 0 Å². The molecule has 1 aromatic carbocycles. The molecule has 0 spiro atoms. The van der Waals surface area contributed by atoms with Crippen molar-refractivity contribution in [2.75, 3.05) is 0 Å². The topological polar surface area (TPSA) is 81.4 Å². The van der Waals surface area contributed by atoms with E-state index in [9.17, 15) is 9.59 Å². The summed E-state index contributed by atoms with van der Waals surface area (Å²) >= 11 is 0. The molecular weight excluding hydrogens is 304 g/mol. The second-order valence-electron chi connectivity index (χ2n) is 7.24. The zero-order valence-electron chi connectivity index (χ0n) is 14.6. The minimum absolute atomic E-state index is 0.167. The molecular formula is C19H28N2O3. The highest BCUT2D eigenvalue weighted by molar-refractivity contribution is 5.85. The van der Waals surface area contributed by atoms with Crippen molar-refractivity contribution in [3.05, 3.63) is 35.9 Å². The molecule has 1 aliphatic rings. The van der Waals surface area contributed by atoms with Crippen LogP contribution in [0.5, 0.6) is 0 Å². The van der Waals surface area contributed by atoms with Crippen LogP contribution in [0.4, 0.5) is 0 Å². The van der Waals surface area contributed by atoms with Crippen molar-refractivity contribution in [1.82, 2.24) is 5.32 Å². The summed E-state index contributed by atoms with van der Waals surface area (Å²) in [6, 6.07) is 8.89. The minimum Gasteiger partial charge on any atom is -0.459 e. The van der Waals surface area contributed by atoms with Gasteiger partial charge in [0, 0.05) is 12.0 Å². The van der Waals surface area contributed by atoms with Crippen molar-refractivity contribution >= 4 is 11.9 Å². The highest BCUT2D eigenvalue weighted by Crippen LogP contribution is 2.32. The average molecular weight is 332 g/mol. The third kappa shape index (κ3) is 5.64. The molecule has 0 unspecified atom stereocenters. The van der Waals surface area contributed by atoms with Crippen molar-refractivity contribution < 1.29 is 14.3 Å². The molecule has 0 radical (unpaired) electrons. The van der Waals surface area contributed by atoms with Gasteiger partial charge in [0.2, 0.25) is 5.91 Å². The van der Waals surface area contributed by atoms with Gasteiger partial charge < -0.3 is 15.8 Å². The Morgan fingerprint density at radius 2 is 1.92 bits per heavy atom. The Balaban J connectivity index is 1.88. The van der Waals surface area contributed by atoms with E-state index in [1.165, 1.54) is 0 Å². The number of nitrogens with one attached hydrogen (secondary N) is 1. The number of amides is 1. The quantitative estimate of drug-likeness (QED) is 0.717. The van der Waals surface area contributed by atoms with E-state index in [2.05, 4.69) is 5.32 Å². The van der Waals surface area contributed by atoms with Crippen LogP contribution in [0.15, 0.2) is 30.3 Å². The average Bonchev–Trinajstić information content (AvgIpc) is 2.51. The first-order valence-electron chi connectivity index (χ1n) is 8.67. The van der Waals surface area contributed by atoms with E-state index in [1.54, 1.807) is 0 Å². The van der Waals surface area contributed by atoms with E-state index >= 15 is 0 Å². The van der Waals surface area contributed by atoms with Crippen LogP contribution in [0.2, 0.25) is 0 Å². The monoisotopic (exact) mass is 332 g/mol. The van der Waals surface area contributed by atoms with Gasteiger partial charge in [-0.1, -0.05) is 44.2 Å². The van der Waals surface area contributed by atoms with Crippen molar-refractivity contribution in [2.45, 2.75) is 64.1 Å². The van der Waals surface area contributed by atoms with Gasteiger partial charge in [0.25, 0.3) is 0 Å². The highest BCUT2D eigenvalue weighted by Gasteiger charge is 2.35. The Bertz CT molecular complexity index is 553. The van der Waals surface area contributed by atoms with Gasteiger partial charge >= 0.3 is 5.97 Å². The summed E-state index contributed by atoms with van der Waals surface area (Å²) in [6.45, 7) is 4.24. The summed E-state index contributed by atoms with van der Waals surface area (Å²) in [7, 11) is 0. The molecule has 0 aromatic heterocycles. The molecule has 0 bridgehead atoms. The molecule has 3 N–H and O–H groups in total. The van der Waals surface area contributed by atoms with Crippen molar-refractivity contribution in [1.29, 1.82) is 0 Å². The van der Waals surface area contributed by atoms with Crippen LogP contribution in [0.3, 0.4) is 0 Å². The second kappa shape index (κ2) is 8.29. The molecule has 1 saturated carbocycles. The fourth-order valence-corrected chi connectivity index (χ4v) is 2.89. The lowest BCUT2D eigenvalue weighted by atomic mass is 9.75. The highest BCUT2D eigenvalue weighted by atomic mass is 16.5. The summed E-state index contributed by atoms with van der Waals surface area (Å²) in [5.41, 5.74) is 6.65. The molecule has 2 rings (SSSR count). The van der Waals surface area contributed by atoms with Gasteiger partial charge in [-0.15, -0.1) is 0 Å². The lowest BCUT2D eigenvalue weighted by Gasteiger charge is -2.37. The normalized spacial score (nSPS) is 17.0. The van der Waals surface area contributed by atoms with Crippen molar-refractivity contribution in [3.63, 3.8) is 0 Å². The Morgan fingerprint density at radius 1 is 1.25 bits per heavy atom. The molecule has 5 heteroatoms. The molecule has 0 heterocycles. The molecule has 1 fully saturated rings. The molecule has 1 aromatic rings. The van der Waals surface area contributed by atoms with Crippen LogP contribution in [-0.2, 0) is 20.9 Å². The fraction of sp³-hybridized carbons (Fsp3) is 0.579. The van der Waals surface area contributed by atoms with E-state index in [4.69, 9.17) is 10.5 Å². The number of hydrogen-bond acceptors (Lipinski definition) is 4. The molecule has 24 heavy (non-hydrogen) atoms. The van der Waals surface area contributed by atoms with Crippen LogP contribution in [-0.4, -0.2) is 23.5 Å². The lowest BCUT2D eigenvalue weighted by Crippen LogP contribution is -2.52. The first kappa shape index (κ1) is 18.5. The minimum atomic E-state index is -0.620. The van der Waals surface area contributed by atoms with Crippen LogP contribution >= 0.6 is 0 Å². The second-order valence-corrected chi connectivity index (χ2v) is 7.24. The Morgan fingerprint density at radius 3 is 2.46 bits per heavy atom. The van der Waals surface area contributed by atoms with Gasteiger partial charge in [-0.25, -0.2) is 4.79 Å². The maximum atomic E-state index is 12.4. The maximum Gasteiger partial charge on any atom is 0.328 e. The van der Waals surface area contributed by atoms with Crippen molar-refractivity contribution in [2.24, 2.45) is 11.7 Å². The predicted octanol–water partition coefficient (Wildman–Crippen LogP) is 2.53. The standard InChI is InChI=1S/C19H28N2O3/c1-14(2)11-16(21-17(22)12-19(20)9-6-10-19)18(23)24-13-15-7-4-3-5-8-15/h3-5,7-8,14,16H,6,9-13,20H2,1-2H3,(H,21,22)/t16-/m0/s1. The maximum absolute atomic E-state index is 12.4. The van der Waals surface area contributed by atoms with Crippen LogP contribution < -0.4 is 11.1 Å². The van der Waals surface area contributed by atoms with Gasteiger partial charge in [-0.3, -0.25) is 4.79 Å². The summed E-state index contributed by atoms with van der Waals surface area (Å²) in [5, 5.41) is 2.82. The zero-order valence-corrected chi connectivity index (χ0v) is 14.6. The molecule has 0 saturated heterocycles. The SMILES string of the molecule is CC(C)C[C@H](NC(=O)CC1(N)CCC1)C(=O)OCc1ccccc1. The summed E-state index contributed by atoms with van der Waals surface area (Å²) < 4.78 is 5.38. The first-order chi connectivity index (χ1) is 11.4. The van der Waals surface area contributed by atoms with Crippen LogP contribution in [0, 0.1) is 5.92 Å². The molecule has 5 nitrogen and oxygen atoms in total. The molecule has 1 atom stereocenters. The number of carbonyl (C=O) groups is 2. The van der Waals surface area contributed by atoms with Gasteiger partial charge in [-0.05, 0) is 37.2 Å². The van der Waals surface area contributed by atoms with Gasteiger partial charge in [0.15, 0.2) is 0 Å². The number of benzene rings is 1. The number of carbonyl (C=O) groups excluding carboxylic acids is 2. The van der Waals surface area contributed by atoms with Crippen LogP contribution in [0.1, 0.15) is 51.5 Å². The van der Waals surface area contributed by atoms with E-state index in [0.717, 1.165) is 24.8 Å². The summed E-state index contributed by atoms with van der Waals surface area (Å²) in [4.78, 5) is 24.6. The van der Waals surface area contributed by atoms with Crippen molar-refractivity contribution in [3.8, 4) is 0 Å². The number of ether oxygens (including phenoxy) is 1. The largest absolute Gasteiger partial charge is 0.459 e. The smallest absolute Gasteiger partial charge is 0.328 e. The Hall–Kier alpha value is -1.88. The Kier molecular flexibility index (Phi) is 6.37. The van der Waals surface area contributed by atoms with Crippen LogP contribution in [0.25, 0.3) is 0 Å². The zero-order chi connectivity index (χ0) is 17.6. The first-order valence-corrected chi connectivity index (χ1v) is 8.67. The number of nitrogens with two attached hydrogens (primary N) is 1. The third-order valence-electron chi connectivity index (χ3n) is 4.41. The van der Waals surface area contributed by atoms with E-state index in [-0.39, 0.29) is 36.4 Å².